The number of hydrazone groups is 1. The first-order valence-electron chi connectivity index (χ1n) is 12.2. The lowest BCUT2D eigenvalue weighted by atomic mass is 10.0. The summed E-state index contributed by atoms with van der Waals surface area (Å²) in [5.74, 6) is 0.0953. The molecule has 0 aromatic heterocycles. The van der Waals surface area contributed by atoms with Gasteiger partial charge in [-0.3, -0.25) is 9.59 Å². The van der Waals surface area contributed by atoms with Gasteiger partial charge in [0.15, 0.2) is 6.10 Å². The molecule has 0 aliphatic heterocycles. The molecule has 4 aromatic carbocycles. The molecule has 9 heteroatoms. The van der Waals surface area contributed by atoms with Gasteiger partial charge in [-0.15, -0.1) is 0 Å². The van der Waals surface area contributed by atoms with Crippen LogP contribution < -0.4 is 20.2 Å². The predicted octanol–water partition coefficient (Wildman–Crippen LogP) is 5.80. The van der Waals surface area contributed by atoms with Crippen LogP contribution in [-0.2, 0) is 16.0 Å². The van der Waals surface area contributed by atoms with Gasteiger partial charge in [0.05, 0.1) is 18.3 Å². The summed E-state index contributed by atoms with van der Waals surface area (Å²) in [5.41, 5.74) is 4.24. The van der Waals surface area contributed by atoms with E-state index in [1.807, 2.05) is 66.7 Å². The minimum absolute atomic E-state index is 0.258. The van der Waals surface area contributed by atoms with E-state index in [4.69, 9.17) is 32.7 Å². The van der Waals surface area contributed by atoms with Crippen molar-refractivity contribution in [2.75, 3.05) is 7.11 Å². The number of fused-ring (bicyclic) bond motifs is 1. The van der Waals surface area contributed by atoms with Gasteiger partial charge >= 0.3 is 0 Å². The van der Waals surface area contributed by atoms with Gasteiger partial charge in [0.1, 0.15) is 17.5 Å². The molecule has 0 radical (unpaired) electrons. The molecule has 4 rings (SSSR count). The summed E-state index contributed by atoms with van der Waals surface area (Å²) in [5, 5.41) is 9.53. The molecule has 0 unspecified atom stereocenters. The number of methoxy groups -OCH3 is 1. The van der Waals surface area contributed by atoms with Gasteiger partial charge in [-0.25, -0.2) is 5.43 Å². The lowest BCUT2D eigenvalue weighted by Crippen LogP contribution is -2.50. The summed E-state index contributed by atoms with van der Waals surface area (Å²) in [6.45, 7) is 1.57. The van der Waals surface area contributed by atoms with Crippen LogP contribution in [0.2, 0.25) is 10.0 Å². The van der Waals surface area contributed by atoms with Gasteiger partial charge in [0, 0.05) is 22.4 Å². The van der Waals surface area contributed by atoms with E-state index in [-0.39, 0.29) is 11.4 Å². The molecule has 0 bridgehead atoms. The van der Waals surface area contributed by atoms with Crippen molar-refractivity contribution in [3.63, 3.8) is 0 Å². The summed E-state index contributed by atoms with van der Waals surface area (Å²) in [4.78, 5) is 26.2. The SMILES string of the molecule is COc1ccc(/C=N\NC(=O)[C@H](Cc2ccccc2)NC(=O)[C@@H](C)Oc2ccc(Cl)cc2Cl)c2ccccc12. The van der Waals surface area contributed by atoms with Gasteiger partial charge in [0.2, 0.25) is 0 Å². The maximum absolute atomic E-state index is 13.2. The molecule has 0 spiro atoms. The van der Waals surface area contributed by atoms with Crippen molar-refractivity contribution < 1.29 is 19.1 Å². The highest BCUT2D eigenvalue weighted by molar-refractivity contribution is 6.35. The van der Waals surface area contributed by atoms with E-state index >= 15 is 0 Å². The fourth-order valence-electron chi connectivity index (χ4n) is 3.99. The number of benzene rings is 4. The number of rotatable bonds is 10. The first-order valence-corrected chi connectivity index (χ1v) is 13.0. The first kappa shape index (κ1) is 28.0. The average molecular weight is 564 g/mol. The Hall–Kier alpha value is -4.07. The molecule has 4 aromatic rings. The maximum Gasteiger partial charge on any atom is 0.262 e. The molecule has 2 atom stereocenters. The Labute approximate surface area is 236 Å². The van der Waals surface area contributed by atoms with Gasteiger partial charge in [-0.05, 0) is 48.2 Å². The van der Waals surface area contributed by atoms with Crippen LogP contribution in [0.3, 0.4) is 0 Å². The number of ether oxygens (including phenoxy) is 2. The van der Waals surface area contributed by atoms with Crippen LogP contribution in [0, 0.1) is 0 Å². The van der Waals surface area contributed by atoms with Crippen LogP contribution in [0.1, 0.15) is 18.1 Å². The Morgan fingerprint density at radius 3 is 2.31 bits per heavy atom. The third-order valence-electron chi connectivity index (χ3n) is 6.00. The second-order valence-corrected chi connectivity index (χ2v) is 9.57. The van der Waals surface area contributed by atoms with Crippen LogP contribution in [0.4, 0.5) is 0 Å². The Kier molecular flexibility index (Phi) is 9.41. The van der Waals surface area contributed by atoms with Crippen molar-refractivity contribution in [3.8, 4) is 11.5 Å². The van der Waals surface area contributed by atoms with Gasteiger partial charge in [-0.2, -0.15) is 5.10 Å². The van der Waals surface area contributed by atoms with Crippen LogP contribution >= 0.6 is 23.2 Å². The van der Waals surface area contributed by atoms with Crippen LogP contribution in [0.15, 0.2) is 90.0 Å². The molecule has 0 saturated heterocycles. The Bertz CT molecular complexity index is 1490. The quantitative estimate of drug-likeness (QED) is 0.188. The Balaban J connectivity index is 1.48. The maximum atomic E-state index is 13.2. The van der Waals surface area contributed by atoms with Crippen molar-refractivity contribution >= 4 is 52.0 Å². The Morgan fingerprint density at radius 1 is 0.897 bits per heavy atom. The summed E-state index contributed by atoms with van der Waals surface area (Å²) in [6, 6.07) is 24.7. The van der Waals surface area contributed by atoms with E-state index in [1.165, 1.54) is 6.07 Å². The molecule has 200 valence electrons. The largest absolute Gasteiger partial charge is 0.496 e. The molecule has 0 aliphatic carbocycles. The van der Waals surface area contributed by atoms with Crippen molar-refractivity contribution in [2.24, 2.45) is 5.10 Å². The highest BCUT2D eigenvalue weighted by atomic mass is 35.5. The average Bonchev–Trinajstić information content (AvgIpc) is 2.94. The number of amides is 2. The molecule has 39 heavy (non-hydrogen) atoms. The van der Waals surface area contributed by atoms with Crippen molar-refractivity contribution in [3.05, 3.63) is 106 Å². The lowest BCUT2D eigenvalue weighted by molar-refractivity contribution is -0.132. The summed E-state index contributed by atoms with van der Waals surface area (Å²) in [6.07, 6.45) is 0.896. The number of hydrogen-bond acceptors (Lipinski definition) is 5. The van der Waals surface area contributed by atoms with Crippen LogP contribution in [0.25, 0.3) is 10.8 Å². The fraction of sp³-hybridized carbons (Fsp3) is 0.167. The summed E-state index contributed by atoms with van der Waals surface area (Å²) < 4.78 is 11.2. The molecule has 2 N–H and O–H groups in total. The topological polar surface area (TPSA) is 89.0 Å². The van der Waals surface area contributed by atoms with E-state index in [0.717, 1.165) is 27.6 Å². The zero-order chi connectivity index (χ0) is 27.8. The van der Waals surface area contributed by atoms with Crippen molar-refractivity contribution in [1.29, 1.82) is 0 Å². The molecule has 7 nitrogen and oxygen atoms in total. The fourth-order valence-corrected chi connectivity index (χ4v) is 4.44. The highest BCUT2D eigenvalue weighted by Gasteiger charge is 2.25. The van der Waals surface area contributed by atoms with Crippen LogP contribution in [-0.4, -0.2) is 37.3 Å². The van der Waals surface area contributed by atoms with E-state index in [1.54, 1.807) is 32.4 Å². The van der Waals surface area contributed by atoms with Gasteiger partial charge in [-0.1, -0.05) is 77.8 Å². The van der Waals surface area contributed by atoms with E-state index < -0.39 is 24.0 Å². The number of nitrogens with zero attached hydrogens (tertiary/aromatic N) is 1. The predicted molar refractivity (Wildman–Crippen MR) is 155 cm³/mol. The first-order chi connectivity index (χ1) is 18.9. The summed E-state index contributed by atoms with van der Waals surface area (Å²) >= 11 is 12.1. The zero-order valence-electron chi connectivity index (χ0n) is 21.4. The Morgan fingerprint density at radius 2 is 1.59 bits per heavy atom. The minimum Gasteiger partial charge on any atom is -0.496 e. The van der Waals surface area contributed by atoms with E-state index in [9.17, 15) is 9.59 Å². The van der Waals surface area contributed by atoms with Crippen molar-refractivity contribution in [1.82, 2.24) is 10.7 Å². The third-order valence-corrected chi connectivity index (χ3v) is 6.53. The number of nitrogens with one attached hydrogen (secondary N) is 2. The monoisotopic (exact) mass is 563 g/mol. The molecule has 2 amide bonds. The van der Waals surface area contributed by atoms with E-state index in [2.05, 4.69) is 15.8 Å². The summed E-state index contributed by atoms with van der Waals surface area (Å²) in [7, 11) is 1.62. The molecule has 0 fully saturated rings. The number of carbonyl (C=O) groups excluding carboxylic acids is 2. The normalized spacial score (nSPS) is 12.6. The second-order valence-electron chi connectivity index (χ2n) is 8.72. The number of hydrogen-bond donors (Lipinski definition) is 2. The molecule has 0 saturated carbocycles. The molecular weight excluding hydrogens is 537 g/mol. The van der Waals surface area contributed by atoms with Gasteiger partial charge in [0.25, 0.3) is 11.8 Å². The minimum atomic E-state index is -0.927. The zero-order valence-corrected chi connectivity index (χ0v) is 22.9. The number of carbonyl (C=O) groups is 2. The smallest absolute Gasteiger partial charge is 0.262 e. The van der Waals surface area contributed by atoms with E-state index in [0.29, 0.717) is 10.8 Å². The second kappa shape index (κ2) is 13.1. The molecular formula is C30H27Cl2N3O4. The van der Waals surface area contributed by atoms with Crippen molar-refractivity contribution in [2.45, 2.75) is 25.5 Å². The standard InChI is InChI=1S/C30H27Cl2N3O4/c1-19(39-28-15-13-22(31)17-25(28)32)29(36)34-26(16-20-8-4-3-5-9-20)30(37)35-33-18-21-12-14-27(38-2)24-11-7-6-10-23(21)24/h3-15,17-19,26H,16H2,1-2H3,(H,34,36)(H,35,37)/b33-18-/t19-,26+/m1/s1. The lowest BCUT2D eigenvalue weighted by Gasteiger charge is -2.21. The van der Waals surface area contributed by atoms with Crippen LogP contribution in [0.5, 0.6) is 11.5 Å². The highest BCUT2D eigenvalue weighted by Crippen LogP contribution is 2.29. The van der Waals surface area contributed by atoms with Gasteiger partial charge < -0.3 is 14.8 Å². The molecule has 0 aliphatic rings. The number of halogens is 2. The molecule has 0 heterocycles. The third kappa shape index (κ3) is 7.28.